The molecule has 1 unspecified atom stereocenters. The van der Waals surface area contributed by atoms with Gasteiger partial charge < -0.3 is 5.73 Å². The predicted molar refractivity (Wildman–Crippen MR) is 51.8 cm³/mol. The molecule has 0 aliphatic carbocycles. The van der Waals surface area contributed by atoms with E-state index in [-0.39, 0.29) is 11.9 Å². The zero-order valence-corrected chi connectivity index (χ0v) is 8.17. The molecular formula is C8H11N3OS. The van der Waals surface area contributed by atoms with E-state index >= 15 is 0 Å². The highest BCUT2D eigenvalue weighted by molar-refractivity contribution is 7.14. The van der Waals surface area contributed by atoms with Crippen LogP contribution >= 0.6 is 11.3 Å². The van der Waals surface area contributed by atoms with Crippen molar-refractivity contribution in [3.05, 3.63) is 11.1 Å². The normalized spacial score (nSPS) is 22.8. The number of rotatable bonds is 1. The smallest absolute Gasteiger partial charge is 0.230 e. The highest BCUT2D eigenvalue weighted by Gasteiger charge is 2.29. The predicted octanol–water partition coefficient (Wildman–Crippen LogP) is 0.516. The van der Waals surface area contributed by atoms with Crippen LogP contribution in [0.25, 0.3) is 0 Å². The van der Waals surface area contributed by atoms with Crippen molar-refractivity contribution in [3.63, 3.8) is 0 Å². The fourth-order valence-corrected chi connectivity index (χ4v) is 2.21. The Morgan fingerprint density at radius 3 is 3.00 bits per heavy atom. The molecule has 1 aromatic rings. The summed E-state index contributed by atoms with van der Waals surface area (Å²) in [7, 11) is 0. The van der Waals surface area contributed by atoms with Crippen molar-refractivity contribution in [3.8, 4) is 0 Å². The third-order valence-corrected chi connectivity index (χ3v) is 2.97. The van der Waals surface area contributed by atoms with Gasteiger partial charge in [-0.05, 0) is 6.92 Å². The molecule has 2 rings (SSSR count). The second kappa shape index (κ2) is 3.08. The molecule has 0 radical (unpaired) electrons. The number of nitrogens with two attached hydrogens (primary N) is 1. The summed E-state index contributed by atoms with van der Waals surface area (Å²) in [5, 5.41) is 2.71. The van der Waals surface area contributed by atoms with Gasteiger partial charge in [0, 0.05) is 24.4 Å². The second-order valence-corrected chi connectivity index (χ2v) is 4.08. The van der Waals surface area contributed by atoms with E-state index in [0.717, 1.165) is 10.8 Å². The molecule has 2 heterocycles. The van der Waals surface area contributed by atoms with E-state index in [1.807, 2.05) is 12.3 Å². The van der Waals surface area contributed by atoms with Crippen LogP contribution in [0.5, 0.6) is 0 Å². The molecule has 1 aliphatic rings. The van der Waals surface area contributed by atoms with Crippen molar-refractivity contribution in [2.24, 2.45) is 5.73 Å². The first-order chi connectivity index (χ1) is 6.16. The molecule has 2 N–H and O–H groups in total. The number of hydrogen-bond donors (Lipinski definition) is 1. The average molecular weight is 197 g/mol. The molecule has 1 aromatic heterocycles. The van der Waals surface area contributed by atoms with Crippen LogP contribution in [0.1, 0.15) is 12.1 Å². The van der Waals surface area contributed by atoms with Crippen molar-refractivity contribution >= 4 is 22.4 Å². The Balaban J connectivity index is 2.22. The Morgan fingerprint density at radius 1 is 1.77 bits per heavy atom. The van der Waals surface area contributed by atoms with E-state index in [9.17, 15) is 4.79 Å². The van der Waals surface area contributed by atoms with Gasteiger partial charge in [0.2, 0.25) is 5.91 Å². The first-order valence-corrected chi connectivity index (χ1v) is 5.03. The highest BCUT2D eigenvalue weighted by atomic mass is 32.1. The van der Waals surface area contributed by atoms with Gasteiger partial charge in [-0.3, -0.25) is 9.69 Å². The average Bonchev–Trinajstić information content (AvgIpc) is 2.58. The zero-order valence-electron chi connectivity index (χ0n) is 7.36. The molecule has 0 bridgehead atoms. The maximum absolute atomic E-state index is 11.4. The number of hydrogen-bond acceptors (Lipinski definition) is 4. The van der Waals surface area contributed by atoms with Crippen LogP contribution in [0.15, 0.2) is 5.38 Å². The van der Waals surface area contributed by atoms with Gasteiger partial charge in [0.1, 0.15) is 0 Å². The topological polar surface area (TPSA) is 59.2 Å². The SMILES string of the molecule is Cc1csc(N2CC(N)CC2=O)n1. The third-order valence-electron chi connectivity index (χ3n) is 1.99. The van der Waals surface area contributed by atoms with Crippen molar-refractivity contribution < 1.29 is 4.79 Å². The first kappa shape index (κ1) is 8.65. The molecular weight excluding hydrogens is 186 g/mol. The molecule has 13 heavy (non-hydrogen) atoms. The number of anilines is 1. The van der Waals surface area contributed by atoms with Gasteiger partial charge in [0.05, 0.1) is 5.69 Å². The van der Waals surface area contributed by atoms with Crippen LogP contribution in [-0.4, -0.2) is 23.5 Å². The molecule has 4 nitrogen and oxygen atoms in total. The minimum absolute atomic E-state index is 0.0308. The van der Waals surface area contributed by atoms with Gasteiger partial charge in [0.25, 0.3) is 0 Å². The van der Waals surface area contributed by atoms with Gasteiger partial charge in [-0.2, -0.15) is 0 Å². The maximum Gasteiger partial charge on any atom is 0.230 e. The fourth-order valence-electron chi connectivity index (χ4n) is 1.39. The summed E-state index contributed by atoms with van der Waals surface area (Å²) in [5.74, 6) is 0.0850. The molecule has 1 amide bonds. The van der Waals surface area contributed by atoms with Crippen molar-refractivity contribution in [1.82, 2.24) is 4.98 Å². The molecule has 1 aliphatic heterocycles. The quantitative estimate of drug-likeness (QED) is 0.714. The molecule has 1 atom stereocenters. The second-order valence-electron chi connectivity index (χ2n) is 3.24. The van der Waals surface area contributed by atoms with Gasteiger partial charge in [0.15, 0.2) is 5.13 Å². The monoisotopic (exact) mass is 197 g/mol. The molecule has 0 aromatic carbocycles. The van der Waals surface area contributed by atoms with Crippen molar-refractivity contribution in [2.45, 2.75) is 19.4 Å². The van der Waals surface area contributed by atoms with E-state index in [1.165, 1.54) is 11.3 Å². The zero-order chi connectivity index (χ0) is 9.42. The van der Waals surface area contributed by atoms with E-state index in [0.29, 0.717) is 13.0 Å². The lowest BCUT2D eigenvalue weighted by Crippen LogP contribution is -2.27. The van der Waals surface area contributed by atoms with E-state index in [1.54, 1.807) is 4.90 Å². The van der Waals surface area contributed by atoms with Crippen LogP contribution in [0.2, 0.25) is 0 Å². The number of aromatic nitrogens is 1. The minimum atomic E-state index is -0.0308. The van der Waals surface area contributed by atoms with Gasteiger partial charge in [-0.15, -0.1) is 11.3 Å². The third kappa shape index (κ3) is 1.57. The van der Waals surface area contributed by atoms with Crippen molar-refractivity contribution in [2.75, 3.05) is 11.4 Å². The minimum Gasteiger partial charge on any atom is -0.326 e. The Bertz CT molecular complexity index is 336. The van der Waals surface area contributed by atoms with Crippen LogP contribution in [0, 0.1) is 6.92 Å². The van der Waals surface area contributed by atoms with Crippen LogP contribution in [0.4, 0.5) is 5.13 Å². The summed E-state index contributed by atoms with van der Waals surface area (Å²) in [6.45, 7) is 2.52. The largest absolute Gasteiger partial charge is 0.326 e. The van der Waals surface area contributed by atoms with E-state index in [4.69, 9.17) is 5.73 Å². The Kier molecular flexibility index (Phi) is 2.05. The van der Waals surface area contributed by atoms with E-state index in [2.05, 4.69) is 4.98 Å². The molecule has 70 valence electrons. The standard InChI is InChI=1S/C8H11N3OS/c1-5-4-13-8(10-5)11-3-6(9)2-7(11)12/h4,6H,2-3,9H2,1H3. The van der Waals surface area contributed by atoms with Crippen LogP contribution in [0.3, 0.4) is 0 Å². The van der Waals surface area contributed by atoms with Gasteiger partial charge in [-0.1, -0.05) is 0 Å². The van der Waals surface area contributed by atoms with Gasteiger partial charge >= 0.3 is 0 Å². The molecule has 0 saturated carbocycles. The lowest BCUT2D eigenvalue weighted by molar-refractivity contribution is -0.117. The molecule has 1 saturated heterocycles. The van der Waals surface area contributed by atoms with Crippen LogP contribution < -0.4 is 10.6 Å². The number of thiazole rings is 1. The number of carbonyl (C=O) groups excluding carboxylic acids is 1. The summed E-state index contributed by atoms with van der Waals surface area (Å²) >= 11 is 1.49. The summed E-state index contributed by atoms with van der Waals surface area (Å²) < 4.78 is 0. The number of aryl methyl sites for hydroxylation is 1. The Hall–Kier alpha value is -0.940. The first-order valence-electron chi connectivity index (χ1n) is 4.15. The van der Waals surface area contributed by atoms with Crippen molar-refractivity contribution in [1.29, 1.82) is 0 Å². The maximum atomic E-state index is 11.4. The number of carbonyl (C=O) groups is 1. The molecule has 5 heteroatoms. The summed E-state index contributed by atoms with van der Waals surface area (Å²) in [6, 6.07) is -0.0308. The fraction of sp³-hybridized carbons (Fsp3) is 0.500. The van der Waals surface area contributed by atoms with Crippen LogP contribution in [-0.2, 0) is 4.79 Å². The lowest BCUT2D eigenvalue weighted by Gasteiger charge is -2.10. The highest BCUT2D eigenvalue weighted by Crippen LogP contribution is 2.24. The summed E-state index contributed by atoms with van der Waals surface area (Å²) in [6.07, 6.45) is 0.443. The molecule has 0 spiro atoms. The van der Waals surface area contributed by atoms with E-state index < -0.39 is 0 Å². The lowest BCUT2D eigenvalue weighted by atomic mass is 10.3. The summed E-state index contributed by atoms with van der Waals surface area (Å²) in [5.41, 5.74) is 6.63. The Labute approximate surface area is 80.4 Å². The number of amides is 1. The van der Waals surface area contributed by atoms with Gasteiger partial charge in [-0.25, -0.2) is 4.98 Å². The summed E-state index contributed by atoms with van der Waals surface area (Å²) in [4.78, 5) is 17.3. The molecule has 1 fully saturated rings. The Morgan fingerprint density at radius 2 is 2.54 bits per heavy atom. The number of nitrogens with zero attached hydrogens (tertiary/aromatic N) is 2.